The molecule has 1 N–H and O–H groups in total. The summed E-state index contributed by atoms with van der Waals surface area (Å²) in [4.78, 5) is 54.4. The summed E-state index contributed by atoms with van der Waals surface area (Å²) in [6.07, 6.45) is 12.7. The fourth-order valence-corrected chi connectivity index (χ4v) is 6.03. The minimum Gasteiger partial charge on any atom is -0.444 e. The van der Waals surface area contributed by atoms with Gasteiger partial charge in [-0.1, -0.05) is 12.0 Å². The van der Waals surface area contributed by atoms with Crippen molar-refractivity contribution >= 4 is 23.9 Å². The Balaban J connectivity index is 1.18. The van der Waals surface area contributed by atoms with Gasteiger partial charge in [-0.25, -0.2) is 4.79 Å². The van der Waals surface area contributed by atoms with Crippen LogP contribution in [0.4, 0.5) is 4.79 Å². The topological polar surface area (TPSA) is 105 Å². The number of benzene rings is 1. The highest BCUT2D eigenvalue weighted by atomic mass is 16.6. The van der Waals surface area contributed by atoms with Gasteiger partial charge in [0.2, 0.25) is 11.8 Å². The average molecular weight is 580 g/mol. The van der Waals surface area contributed by atoms with Crippen molar-refractivity contribution in [3.63, 3.8) is 0 Å². The van der Waals surface area contributed by atoms with Crippen LogP contribution in [0.15, 0.2) is 18.2 Å². The molecule has 0 aromatic heterocycles. The highest BCUT2D eigenvalue weighted by Gasteiger charge is 2.31. The third-order valence-corrected chi connectivity index (χ3v) is 8.37. The SMILES string of the molecule is C#CC(CC(=O)Oc1ccc2c(c1)CCC2)NC(=O)[C@@H]1CCCN(C(=O)CCC2CCN(C(=O)OC(C)(C)C)CC2)C1. The number of amides is 3. The van der Waals surface area contributed by atoms with Crippen molar-refractivity contribution in [3.8, 4) is 18.1 Å². The van der Waals surface area contributed by atoms with E-state index in [0.717, 1.165) is 44.9 Å². The number of aryl methyl sites for hydroxylation is 2. The molecule has 2 saturated heterocycles. The molecule has 3 aliphatic rings. The molecular weight excluding hydrogens is 534 g/mol. The first-order chi connectivity index (χ1) is 20.0. The van der Waals surface area contributed by atoms with Gasteiger partial charge >= 0.3 is 12.1 Å². The maximum absolute atomic E-state index is 13.0. The molecule has 2 heterocycles. The lowest BCUT2D eigenvalue weighted by Crippen LogP contribution is -2.48. The van der Waals surface area contributed by atoms with Gasteiger partial charge in [0.15, 0.2) is 0 Å². The van der Waals surface area contributed by atoms with Crippen molar-refractivity contribution in [2.45, 2.75) is 96.6 Å². The number of nitrogens with one attached hydrogen (secondary N) is 1. The molecule has 1 aliphatic carbocycles. The van der Waals surface area contributed by atoms with Crippen LogP contribution in [0.1, 0.15) is 83.3 Å². The van der Waals surface area contributed by atoms with Crippen LogP contribution in [0, 0.1) is 24.2 Å². The van der Waals surface area contributed by atoms with E-state index in [0.29, 0.717) is 50.7 Å². The van der Waals surface area contributed by atoms with E-state index in [2.05, 4.69) is 11.2 Å². The van der Waals surface area contributed by atoms with Gasteiger partial charge in [0.1, 0.15) is 17.4 Å². The summed E-state index contributed by atoms with van der Waals surface area (Å²) in [6.45, 7) is 7.83. The number of hydrogen-bond donors (Lipinski definition) is 1. The van der Waals surface area contributed by atoms with E-state index in [4.69, 9.17) is 15.9 Å². The number of hydrogen-bond acceptors (Lipinski definition) is 6. The summed E-state index contributed by atoms with van der Waals surface area (Å²) in [6, 6.07) is 4.92. The molecule has 2 fully saturated rings. The molecule has 0 spiro atoms. The molecule has 1 unspecified atom stereocenters. The van der Waals surface area contributed by atoms with Crippen LogP contribution >= 0.6 is 0 Å². The Morgan fingerprint density at radius 3 is 2.48 bits per heavy atom. The van der Waals surface area contributed by atoms with Gasteiger partial charge in [0, 0.05) is 32.6 Å². The van der Waals surface area contributed by atoms with E-state index in [9.17, 15) is 19.2 Å². The minimum atomic E-state index is -0.781. The molecular formula is C33H45N3O6. The third-order valence-electron chi connectivity index (χ3n) is 8.37. The Labute approximate surface area is 249 Å². The third kappa shape index (κ3) is 8.98. The molecule has 4 rings (SSSR count). The Bertz CT molecular complexity index is 1190. The van der Waals surface area contributed by atoms with Crippen molar-refractivity contribution in [2.75, 3.05) is 26.2 Å². The highest BCUT2D eigenvalue weighted by Crippen LogP contribution is 2.27. The van der Waals surface area contributed by atoms with Gasteiger partial charge in [-0.15, -0.1) is 6.42 Å². The van der Waals surface area contributed by atoms with E-state index in [-0.39, 0.29) is 30.2 Å². The molecule has 2 aliphatic heterocycles. The number of piperidine rings is 2. The number of carbonyl (C=O) groups excluding carboxylic acids is 4. The van der Waals surface area contributed by atoms with E-state index < -0.39 is 17.6 Å². The maximum atomic E-state index is 13.0. The Morgan fingerprint density at radius 1 is 1.02 bits per heavy atom. The van der Waals surface area contributed by atoms with E-state index in [1.54, 1.807) is 15.9 Å². The van der Waals surface area contributed by atoms with Crippen molar-refractivity contribution in [1.82, 2.24) is 15.1 Å². The van der Waals surface area contributed by atoms with Crippen LogP contribution in [-0.4, -0.2) is 71.5 Å². The van der Waals surface area contributed by atoms with Crippen molar-refractivity contribution in [2.24, 2.45) is 11.8 Å². The molecule has 1 aromatic rings. The van der Waals surface area contributed by atoms with Gasteiger partial charge in [-0.2, -0.15) is 0 Å². The molecule has 9 heteroatoms. The van der Waals surface area contributed by atoms with E-state index >= 15 is 0 Å². The largest absolute Gasteiger partial charge is 0.444 e. The zero-order chi connectivity index (χ0) is 30.3. The van der Waals surface area contributed by atoms with Crippen LogP contribution in [0.25, 0.3) is 0 Å². The first-order valence-corrected chi connectivity index (χ1v) is 15.4. The van der Waals surface area contributed by atoms with Gasteiger partial charge in [-0.05, 0) is 101 Å². The Kier molecular flexibility index (Phi) is 10.5. The van der Waals surface area contributed by atoms with Crippen molar-refractivity contribution in [1.29, 1.82) is 0 Å². The number of ether oxygens (including phenoxy) is 2. The van der Waals surface area contributed by atoms with E-state index in [1.807, 2.05) is 32.9 Å². The predicted molar refractivity (Wildman–Crippen MR) is 159 cm³/mol. The number of fused-ring (bicyclic) bond motifs is 1. The average Bonchev–Trinajstić information content (AvgIpc) is 3.43. The second-order valence-corrected chi connectivity index (χ2v) is 12.8. The Morgan fingerprint density at radius 2 is 1.76 bits per heavy atom. The van der Waals surface area contributed by atoms with Gasteiger partial charge in [0.25, 0.3) is 0 Å². The summed E-state index contributed by atoms with van der Waals surface area (Å²) in [5.41, 5.74) is 1.99. The van der Waals surface area contributed by atoms with Crippen LogP contribution in [0.3, 0.4) is 0 Å². The number of terminal acetylenes is 1. The number of likely N-dealkylation sites (tertiary alicyclic amines) is 2. The second kappa shape index (κ2) is 14.1. The zero-order valence-corrected chi connectivity index (χ0v) is 25.3. The lowest BCUT2D eigenvalue weighted by atomic mass is 9.91. The number of nitrogens with zero attached hydrogens (tertiary/aromatic N) is 2. The number of rotatable bonds is 8. The van der Waals surface area contributed by atoms with Crippen LogP contribution < -0.4 is 10.1 Å². The number of carbonyl (C=O) groups is 4. The fourth-order valence-electron chi connectivity index (χ4n) is 6.03. The second-order valence-electron chi connectivity index (χ2n) is 12.8. The predicted octanol–water partition coefficient (Wildman–Crippen LogP) is 4.25. The monoisotopic (exact) mass is 579 g/mol. The molecule has 228 valence electrons. The summed E-state index contributed by atoms with van der Waals surface area (Å²) in [5.74, 6) is 2.32. The lowest BCUT2D eigenvalue weighted by Gasteiger charge is -2.34. The minimum absolute atomic E-state index is 0.0495. The molecule has 2 atom stereocenters. The van der Waals surface area contributed by atoms with Crippen molar-refractivity contribution in [3.05, 3.63) is 29.3 Å². The smallest absolute Gasteiger partial charge is 0.410 e. The standard InChI is InChI=1S/C33H45N3O6/c1-5-27(21-30(38)41-28-13-12-24-8-6-9-25(24)20-28)34-31(39)26-10-7-17-36(22-26)29(37)14-11-23-15-18-35(19-16-23)32(40)42-33(2,3)4/h1,12-13,20,23,26-27H,6-11,14-19,21-22H2,2-4H3,(H,34,39)/t26-,27?/m1/s1. The maximum Gasteiger partial charge on any atom is 0.410 e. The summed E-state index contributed by atoms with van der Waals surface area (Å²) in [7, 11) is 0. The number of esters is 1. The molecule has 1 aromatic carbocycles. The first kappa shape index (κ1) is 31.4. The molecule has 0 saturated carbocycles. The molecule has 0 radical (unpaired) electrons. The first-order valence-electron chi connectivity index (χ1n) is 15.4. The van der Waals surface area contributed by atoms with E-state index in [1.165, 1.54) is 11.1 Å². The van der Waals surface area contributed by atoms with Gasteiger partial charge < -0.3 is 24.6 Å². The molecule has 9 nitrogen and oxygen atoms in total. The molecule has 0 bridgehead atoms. The quantitative estimate of drug-likeness (QED) is 0.280. The zero-order valence-electron chi connectivity index (χ0n) is 25.3. The van der Waals surface area contributed by atoms with Gasteiger partial charge in [-0.3, -0.25) is 14.4 Å². The van der Waals surface area contributed by atoms with Crippen LogP contribution in [0.2, 0.25) is 0 Å². The normalized spacial score (nSPS) is 19.8. The van der Waals surface area contributed by atoms with Crippen LogP contribution in [-0.2, 0) is 32.0 Å². The summed E-state index contributed by atoms with van der Waals surface area (Å²) >= 11 is 0. The molecule has 3 amide bonds. The van der Waals surface area contributed by atoms with Crippen molar-refractivity contribution < 1.29 is 28.7 Å². The highest BCUT2D eigenvalue weighted by molar-refractivity contribution is 5.83. The summed E-state index contributed by atoms with van der Waals surface area (Å²) in [5, 5.41) is 2.81. The fraction of sp³-hybridized carbons (Fsp3) is 0.636. The molecule has 42 heavy (non-hydrogen) atoms. The van der Waals surface area contributed by atoms with Gasteiger partial charge in [0.05, 0.1) is 12.3 Å². The van der Waals surface area contributed by atoms with Crippen LogP contribution in [0.5, 0.6) is 5.75 Å². The lowest BCUT2D eigenvalue weighted by molar-refractivity contribution is -0.136. The Hall–Kier alpha value is -3.54. The summed E-state index contributed by atoms with van der Waals surface area (Å²) < 4.78 is 11.0.